The summed E-state index contributed by atoms with van der Waals surface area (Å²) in [5.74, 6) is 0.746. The maximum atomic E-state index is 5.74. The molecule has 4 heteroatoms. The van der Waals surface area contributed by atoms with Gasteiger partial charge in [0.1, 0.15) is 12.4 Å². The van der Waals surface area contributed by atoms with Crippen molar-refractivity contribution in [2.45, 2.75) is 19.6 Å². The molecule has 1 atom stereocenters. The van der Waals surface area contributed by atoms with E-state index in [2.05, 4.69) is 20.9 Å². The number of hydrogen-bond donors (Lipinski definition) is 1. The quantitative estimate of drug-likeness (QED) is 0.941. The first-order valence-corrected chi connectivity index (χ1v) is 6.54. The van der Waals surface area contributed by atoms with Crippen LogP contribution in [-0.2, 0) is 6.61 Å². The van der Waals surface area contributed by atoms with Gasteiger partial charge >= 0.3 is 0 Å². The van der Waals surface area contributed by atoms with Crippen LogP contribution in [0.5, 0.6) is 5.75 Å². The highest BCUT2D eigenvalue weighted by atomic mass is 79.9. The Morgan fingerprint density at radius 3 is 2.67 bits per heavy atom. The monoisotopic (exact) mass is 306 g/mol. The topological polar surface area (TPSA) is 48.1 Å². The zero-order valence-corrected chi connectivity index (χ0v) is 11.7. The molecule has 0 saturated heterocycles. The van der Waals surface area contributed by atoms with Gasteiger partial charge in [0.25, 0.3) is 0 Å². The van der Waals surface area contributed by atoms with Crippen LogP contribution in [0.4, 0.5) is 0 Å². The minimum absolute atomic E-state index is 0.0534. The fourth-order valence-electron chi connectivity index (χ4n) is 1.52. The van der Waals surface area contributed by atoms with Crippen LogP contribution in [0.1, 0.15) is 24.2 Å². The highest BCUT2D eigenvalue weighted by molar-refractivity contribution is 9.10. The number of pyridine rings is 1. The van der Waals surface area contributed by atoms with E-state index < -0.39 is 0 Å². The molecule has 1 aromatic carbocycles. The highest BCUT2D eigenvalue weighted by Crippen LogP contribution is 2.19. The Balaban J connectivity index is 2.00. The molecule has 2 aromatic rings. The number of nitrogens with zero attached hydrogens (tertiary/aromatic N) is 1. The van der Waals surface area contributed by atoms with Gasteiger partial charge in [-0.05, 0) is 25.1 Å². The maximum absolute atomic E-state index is 5.74. The van der Waals surface area contributed by atoms with E-state index in [0.717, 1.165) is 21.5 Å². The molecule has 0 bridgehead atoms. The summed E-state index contributed by atoms with van der Waals surface area (Å²) < 4.78 is 6.72. The number of nitrogens with two attached hydrogens (primary N) is 1. The van der Waals surface area contributed by atoms with Crippen LogP contribution in [0, 0.1) is 0 Å². The Hall–Kier alpha value is -1.39. The highest BCUT2D eigenvalue weighted by Gasteiger charge is 2.03. The number of rotatable bonds is 4. The number of ether oxygens (including phenoxy) is 1. The van der Waals surface area contributed by atoms with Crippen LogP contribution in [0.3, 0.4) is 0 Å². The lowest BCUT2D eigenvalue weighted by Crippen LogP contribution is -2.07. The van der Waals surface area contributed by atoms with Crippen molar-refractivity contribution in [3.8, 4) is 5.75 Å². The molecule has 0 aliphatic heterocycles. The van der Waals surface area contributed by atoms with Gasteiger partial charge in [0.15, 0.2) is 0 Å². The summed E-state index contributed by atoms with van der Waals surface area (Å²) in [7, 11) is 0. The minimum atomic E-state index is -0.0534. The molecule has 0 spiro atoms. The molecule has 94 valence electrons. The lowest BCUT2D eigenvalue weighted by Gasteiger charge is -2.09. The third-order valence-corrected chi connectivity index (χ3v) is 3.35. The van der Waals surface area contributed by atoms with Gasteiger partial charge in [0, 0.05) is 16.1 Å². The second kappa shape index (κ2) is 5.98. The molecule has 1 heterocycles. The van der Waals surface area contributed by atoms with E-state index in [1.54, 1.807) is 6.20 Å². The largest absolute Gasteiger partial charge is 0.487 e. The Kier molecular flexibility index (Phi) is 4.33. The third-order valence-electron chi connectivity index (χ3n) is 2.58. The molecule has 0 aliphatic rings. The van der Waals surface area contributed by atoms with Crippen molar-refractivity contribution in [3.05, 3.63) is 58.3 Å². The second-order valence-corrected chi connectivity index (χ2v) is 4.94. The van der Waals surface area contributed by atoms with Crippen molar-refractivity contribution in [2.24, 2.45) is 5.73 Å². The molecular weight excluding hydrogens is 292 g/mol. The standard InChI is InChI=1S/C14H15BrN2O/c1-10(16)14-7-6-12(8-17-14)18-9-11-4-2-3-5-13(11)15/h2-8,10H,9,16H2,1H3. The molecule has 0 aliphatic carbocycles. The van der Waals surface area contributed by atoms with Gasteiger partial charge in [-0.1, -0.05) is 34.1 Å². The molecule has 2 N–H and O–H groups in total. The van der Waals surface area contributed by atoms with Gasteiger partial charge in [0.2, 0.25) is 0 Å². The fourth-order valence-corrected chi connectivity index (χ4v) is 1.92. The fraction of sp³-hybridized carbons (Fsp3) is 0.214. The van der Waals surface area contributed by atoms with Crippen molar-refractivity contribution < 1.29 is 4.74 Å². The summed E-state index contributed by atoms with van der Waals surface area (Å²) in [6.07, 6.45) is 1.70. The van der Waals surface area contributed by atoms with Gasteiger partial charge < -0.3 is 10.5 Å². The maximum Gasteiger partial charge on any atom is 0.138 e. The minimum Gasteiger partial charge on any atom is -0.487 e. The van der Waals surface area contributed by atoms with Crippen molar-refractivity contribution in [3.63, 3.8) is 0 Å². The van der Waals surface area contributed by atoms with Gasteiger partial charge in [-0.3, -0.25) is 4.98 Å². The second-order valence-electron chi connectivity index (χ2n) is 4.09. The predicted octanol–water partition coefficient (Wildman–Crippen LogP) is 3.44. The van der Waals surface area contributed by atoms with E-state index in [0.29, 0.717) is 6.61 Å². The third kappa shape index (κ3) is 3.31. The summed E-state index contributed by atoms with van der Waals surface area (Å²) in [6.45, 7) is 2.42. The summed E-state index contributed by atoms with van der Waals surface area (Å²) in [6, 6.07) is 11.7. The van der Waals surface area contributed by atoms with Crippen molar-refractivity contribution >= 4 is 15.9 Å². The van der Waals surface area contributed by atoms with Crippen molar-refractivity contribution in [2.75, 3.05) is 0 Å². The van der Waals surface area contributed by atoms with Crippen LogP contribution < -0.4 is 10.5 Å². The van der Waals surface area contributed by atoms with Crippen LogP contribution in [0.25, 0.3) is 0 Å². The lowest BCUT2D eigenvalue weighted by atomic mass is 10.2. The first kappa shape index (κ1) is 13.1. The van der Waals surface area contributed by atoms with E-state index in [4.69, 9.17) is 10.5 Å². The van der Waals surface area contributed by atoms with E-state index in [9.17, 15) is 0 Å². The van der Waals surface area contributed by atoms with Gasteiger partial charge in [-0.2, -0.15) is 0 Å². The Bertz CT molecular complexity index is 511. The summed E-state index contributed by atoms with van der Waals surface area (Å²) >= 11 is 3.49. The average Bonchev–Trinajstić information content (AvgIpc) is 2.38. The molecule has 0 fully saturated rings. The number of hydrogen-bond acceptors (Lipinski definition) is 3. The summed E-state index contributed by atoms with van der Waals surface area (Å²) in [5.41, 5.74) is 7.71. The van der Waals surface area contributed by atoms with E-state index in [1.165, 1.54) is 0 Å². The molecule has 1 aromatic heterocycles. The Morgan fingerprint density at radius 2 is 2.06 bits per heavy atom. The molecule has 3 nitrogen and oxygen atoms in total. The SMILES string of the molecule is CC(N)c1ccc(OCc2ccccc2Br)cn1. The zero-order valence-electron chi connectivity index (χ0n) is 10.1. The molecule has 1 unspecified atom stereocenters. The van der Waals surface area contributed by atoms with E-state index in [-0.39, 0.29) is 6.04 Å². The molecule has 2 rings (SSSR count). The number of benzene rings is 1. The smallest absolute Gasteiger partial charge is 0.138 e. The average molecular weight is 307 g/mol. The molecule has 0 amide bonds. The van der Waals surface area contributed by atoms with Crippen LogP contribution in [0.15, 0.2) is 47.1 Å². The van der Waals surface area contributed by atoms with E-state index in [1.807, 2.05) is 43.3 Å². The number of aromatic nitrogens is 1. The normalized spacial score (nSPS) is 12.2. The molecular formula is C14H15BrN2O. The lowest BCUT2D eigenvalue weighted by molar-refractivity contribution is 0.304. The molecule has 0 radical (unpaired) electrons. The van der Waals surface area contributed by atoms with Crippen LogP contribution in [0.2, 0.25) is 0 Å². The Morgan fingerprint density at radius 1 is 1.28 bits per heavy atom. The number of halogens is 1. The first-order valence-electron chi connectivity index (χ1n) is 5.74. The Labute approximate surface area is 115 Å². The van der Waals surface area contributed by atoms with Crippen molar-refractivity contribution in [1.82, 2.24) is 4.98 Å². The van der Waals surface area contributed by atoms with Crippen LogP contribution >= 0.6 is 15.9 Å². The van der Waals surface area contributed by atoms with Crippen LogP contribution in [-0.4, -0.2) is 4.98 Å². The van der Waals surface area contributed by atoms with E-state index >= 15 is 0 Å². The summed E-state index contributed by atoms with van der Waals surface area (Å²) in [5, 5.41) is 0. The summed E-state index contributed by atoms with van der Waals surface area (Å²) in [4.78, 5) is 4.25. The van der Waals surface area contributed by atoms with Gasteiger partial charge in [-0.15, -0.1) is 0 Å². The molecule has 0 saturated carbocycles. The first-order chi connectivity index (χ1) is 8.66. The molecule has 18 heavy (non-hydrogen) atoms. The van der Waals surface area contributed by atoms with Crippen molar-refractivity contribution in [1.29, 1.82) is 0 Å². The van der Waals surface area contributed by atoms with Gasteiger partial charge in [-0.25, -0.2) is 0 Å². The zero-order chi connectivity index (χ0) is 13.0. The predicted molar refractivity (Wildman–Crippen MR) is 75.3 cm³/mol. The van der Waals surface area contributed by atoms with Gasteiger partial charge in [0.05, 0.1) is 11.9 Å².